The van der Waals surface area contributed by atoms with Crippen molar-refractivity contribution in [2.45, 2.75) is 18.7 Å². The van der Waals surface area contributed by atoms with Crippen LogP contribution in [0.5, 0.6) is 0 Å². The summed E-state index contributed by atoms with van der Waals surface area (Å²) in [4.78, 5) is 13.7. The third-order valence-corrected chi connectivity index (χ3v) is 2.27. The summed E-state index contributed by atoms with van der Waals surface area (Å²) in [6.45, 7) is -0.0567. The van der Waals surface area contributed by atoms with Crippen LogP contribution in [0.1, 0.15) is 12.5 Å². The molecule has 1 aromatic heterocycles. The third-order valence-electron chi connectivity index (χ3n) is 2.27. The summed E-state index contributed by atoms with van der Waals surface area (Å²) in [6.07, 6.45) is -4.46. The van der Waals surface area contributed by atoms with Gasteiger partial charge in [-0.05, 0) is 12.1 Å². The average molecular weight is 266 g/mol. The molecule has 0 fully saturated rings. The van der Waals surface area contributed by atoms with Gasteiger partial charge in [-0.15, -0.1) is 0 Å². The molecule has 1 atom stereocenters. The van der Waals surface area contributed by atoms with Crippen molar-refractivity contribution in [3.63, 3.8) is 0 Å². The molecule has 1 rings (SSSR count). The van der Waals surface area contributed by atoms with Gasteiger partial charge >= 0.3 is 6.18 Å². The summed E-state index contributed by atoms with van der Waals surface area (Å²) in [7, 11) is 0. The quantitative estimate of drug-likeness (QED) is 0.636. The Morgan fingerprint density at radius 1 is 1.44 bits per heavy atom. The number of carbonyl (C=O) groups excluding carboxylic acids is 1. The maximum Gasteiger partial charge on any atom is 0.423 e. The minimum atomic E-state index is -5.03. The number of nitrogens with one attached hydrogen (secondary N) is 1. The lowest BCUT2D eigenvalue weighted by Gasteiger charge is -2.30. The Balaban J connectivity index is 3.12. The molecular weight excluding hydrogens is 256 g/mol. The van der Waals surface area contributed by atoms with E-state index in [0.29, 0.717) is 12.3 Å². The number of halogens is 4. The number of aliphatic hydroxyl groups is 1. The van der Waals surface area contributed by atoms with E-state index in [1.165, 1.54) is 0 Å². The van der Waals surface area contributed by atoms with Crippen molar-refractivity contribution >= 4 is 5.91 Å². The fourth-order valence-electron chi connectivity index (χ4n) is 1.24. The number of carbonyl (C=O) groups is 1. The molecule has 1 heterocycles. The van der Waals surface area contributed by atoms with Gasteiger partial charge < -0.3 is 10.4 Å². The Labute approximate surface area is 99.6 Å². The van der Waals surface area contributed by atoms with Crippen molar-refractivity contribution in [3.05, 3.63) is 29.8 Å². The van der Waals surface area contributed by atoms with E-state index in [4.69, 9.17) is 0 Å². The zero-order chi connectivity index (χ0) is 14.0. The van der Waals surface area contributed by atoms with Crippen LogP contribution in [0.15, 0.2) is 18.3 Å². The van der Waals surface area contributed by atoms with Crippen molar-refractivity contribution in [1.29, 1.82) is 0 Å². The van der Waals surface area contributed by atoms with Gasteiger partial charge in [0.25, 0.3) is 0 Å². The summed E-state index contributed by atoms with van der Waals surface area (Å²) < 4.78 is 51.0. The summed E-state index contributed by atoms with van der Waals surface area (Å²) in [5.41, 5.74) is -3.95. The second kappa shape index (κ2) is 4.89. The summed E-state index contributed by atoms with van der Waals surface area (Å²) in [5.74, 6) is -1.70. The molecule has 1 amide bonds. The molecule has 0 radical (unpaired) electrons. The van der Waals surface area contributed by atoms with Gasteiger partial charge in [0.05, 0.1) is 6.54 Å². The first-order valence-corrected chi connectivity index (χ1v) is 4.82. The molecule has 1 unspecified atom stereocenters. The highest BCUT2D eigenvalue weighted by molar-refractivity contribution is 5.72. The van der Waals surface area contributed by atoms with Crippen LogP contribution in [0.2, 0.25) is 0 Å². The van der Waals surface area contributed by atoms with E-state index < -0.39 is 35.7 Å². The summed E-state index contributed by atoms with van der Waals surface area (Å²) in [6, 6.07) is 1.46. The minimum absolute atomic E-state index is 0.574. The SMILES string of the molecule is CC(=O)NCC(O)(c1ccc(F)nc1)C(F)(F)F. The van der Waals surface area contributed by atoms with E-state index in [2.05, 4.69) is 4.98 Å². The molecule has 100 valence electrons. The predicted octanol–water partition coefficient (Wildman–Crippen LogP) is 1.11. The van der Waals surface area contributed by atoms with Crippen molar-refractivity contribution < 1.29 is 27.5 Å². The second-order valence-electron chi connectivity index (χ2n) is 3.64. The highest BCUT2D eigenvalue weighted by Crippen LogP contribution is 2.38. The van der Waals surface area contributed by atoms with Crippen molar-refractivity contribution in [2.24, 2.45) is 0 Å². The molecular formula is C10H10F4N2O2. The molecule has 0 aliphatic rings. The number of nitrogens with zero attached hydrogens (tertiary/aromatic N) is 1. The maximum atomic E-state index is 12.8. The van der Waals surface area contributed by atoms with E-state index >= 15 is 0 Å². The summed E-state index contributed by atoms with van der Waals surface area (Å²) in [5, 5.41) is 11.5. The van der Waals surface area contributed by atoms with Crippen LogP contribution in [0.25, 0.3) is 0 Å². The Hall–Kier alpha value is -1.70. The first kappa shape index (κ1) is 14.4. The first-order valence-electron chi connectivity index (χ1n) is 4.82. The molecule has 0 saturated carbocycles. The highest BCUT2D eigenvalue weighted by atomic mass is 19.4. The third kappa shape index (κ3) is 2.95. The van der Waals surface area contributed by atoms with Gasteiger partial charge in [-0.1, -0.05) is 0 Å². The molecule has 18 heavy (non-hydrogen) atoms. The van der Waals surface area contributed by atoms with Gasteiger partial charge in [-0.2, -0.15) is 17.6 Å². The van der Waals surface area contributed by atoms with Crippen LogP contribution in [-0.2, 0) is 10.4 Å². The van der Waals surface area contributed by atoms with Gasteiger partial charge in [-0.25, -0.2) is 4.98 Å². The fraction of sp³-hybridized carbons (Fsp3) is 0.400. The van der Waals surface area contributed by atoms with Gasteiger partial charge in [0.1, 0.15) is 0 Å². The molecule has 0 aromatic carbocycles. The Kier molecular flexibility index (Phi) is 3.90. The largest absolute Gasteiger partial charge is 0.423 e. The smallest absolute Gasteiger partial charge is 0.375 e. The average Bonchev–Trinajstić information content (AvgIpc) is 2.25. The van der Waals surface area contributed by atoms with Crippen LogP contribution in [0.4, 0.5) is 17.6 Å². The number of pyridine rings is 1. The topological polar surface area (TPSA) is 62.2 Å². The highest BCUT2D eigenvalue weighted by Gasteiger charge is 2.55. The maximum absolute atomic E-state index is 12.8. The second-order valence-corrected chi connectivity index (χ2v) is 3.64. The molecule has 0 saturated heterocycles. The fourth-order valence-corrected chi connectivity index (χ4v) is 1.24. The van der Waals surface area contributed by atoms with E-state index in [0.717, 1.165) is 13.0 Å². The van der Waals surface area contributed by atoms with Crippen LogP contribution in [0.3, 0.4) is 0 Å². The molecule has 0 aliphatic heterocycles. The zero-order valence-electron chi connectivity index (χ0n) is 9.25. The minimum Gasteiger partial charge on any atom is -0.375 e. The number of alkyl halides is 3. The number of hydrogen-bond donors (Lipinski definition) is 2. The Morgan fingerprint density at radius 2 is 2.06 bits per heavy atom. The normalized spacial score (nSPS) is 15.0. The number of aromatic nitrogens is 1. The van der Waals surface area contributed by atoms with Crippen LogP contribution in [-0.4, -0.2) is 28.7 Å². The monoisotopic (exact) mass is 266 g/mol. The van der Waals surface area contributed by atoms with Crippen molar-refractivity contribution in [1.82, 2.24) is 10.3 Å². The lowest BCUT2D eigenvalue weighted by molar-refractivity contribution is -0.264. The van der Waals surface area contributed by atoms with Crippen molar-refractivity contribution in [3.8, 4) is 0 Å². The molecule has 0 bridgehead atoms. The molecule has 4 nitrogen and oxygen atoms in total. The van der Waals surface area contributed by atoms with Gasteiger partial charge in [0.15, 0.2) is 0 Å². The van der Waals surface area contributed by atoms with Gasteiger partial charge in [-0.3, -0.25) is 4.79 Å². The van der Waals surface area contributed by atoms with Gasteiger partial charge in [0, 0.05) is 18.7 Å². The predicted molar refractivity (Wildman–Crippen MR) is 52.8 cm³/mol. The van der Waals surface area contributed by atoms with Crippen LogP contribution >= 0.6 is 0 Å². The first-order chi connectivity index (χ1) is 8.17. The lowest BCUT2D eigenvalue weighted by atomic mass is 9.94. The van der Waals surface area contributed by atoms with Crippen LogP contribution in [0, 0.1) is 5.95 Å². The van der Waals surface area contributed by atoms with Crippen LogP contribution < -0.4 is 5.32 Å². The van der Waals surface area contributed by atoms with E-state index in [-0.39, 0.29) is 0 Å². The lowest BCUT2D eigenvalue weighted by Crippen LogP contribution is -2.50. The van der Waals surface area contributed by atoms with E-state index in [1.54, 1.807) is 0 Å². The number of amides is 1. The van der Waals surface area contributed by atoms with E-state index in [1.807, 2.05) is 5.32 Å². The van der Waals surface area contributed by atoms with E-state index in [9.17, 15) is 27.5 Å². The number of hydrogen-bond acceptors (Lipinski definition) is 3. The summed E-state index contributed by atoms with van der Waals surface area (Å²) >= 11 is 0. The molecule has 0 spiro atoms. The Morgan fingerprint density at radius 3 is 2.44 bits per heavy atom. The number of rotatable bonds is 3. The van der Waals surface area contributed by atoms with Crippen molar-refractivity contribution in [2.75, 3.05) is 6.54 Å². The molecule has 8 heteroatoms. The van der Waals surface area contributed by atoms with Gasteiger partial charge in [0.2, 0.25) is 17.5 Å². The Bertz CT molecular complexity index is 432. The standard InChI is InChI=1S/C10H10F4N2O2/c1-6(17)16-5-9(18,10(12,13)14)7-2-3-8(11)15-4-7/h2-4,18H,5H2,1H3,(H,16,17). The molecule has 0 aliphatic carbocycles. The molecule has 2 N–H and O–H groups in total. The molecule has 1 aromatic rings. The zero-order valence-corrected chi connectivity index (χ0v) is 9.25.